The normalized spacial score (nSPS) is 10.4. The van der Waals surface area contributed by atoms with Gasteiger partial charge in [0, 0.05) is 24.8 Å². The first-order valence-corrected chi connectivity index (χ1v) is 8.41. The number of rotatable bonds is 9. The van der Waals surface area contributed by atoms with Crippen molar-refractivity contribution >= 4 is 11.7 Å². The molecule has 24 heavy (non-hydrogen) atoms. The summed E-state index contributed by atoms with van der Waals surface area (Å²) in [5.74, 6) is 0.340. The van der Waals surface area contributed by atoms with Crippen LogP contribution in [0.1, 0.15) is 42.1 Å². The van der Waals surface area contributed by atoms with Crippen LogP contribution in [-0.4, -0.2) is 24.0 Å². The van der Waals surface area contributed by atoms with Crippen molar-refractivity contribution in [2.45, 2.75) is 32.6 Å². The Morgan fingerprint density at radius 3 is 2.67 bits per heavy atom. The number of anilines is 1. The number of amides is 1. The lowest BCUT2D eigenvalue weighted by molar-refractivity contribution is 0.0954. The van der Waals surface area contributed by atoms with Gasteiger partial charge in [-0.15, -0.1) is 0 Å². The molecule has 0 aliphatic heterocycles. The number of carbonyl (C=O) groups excluding carboxylic acids is 1. The summed E-state index contributed by atoms with van der Waals surface area (Å²) in [7, 11) is 0. The molecule has 0 radical (unpaired) electrons. The van der Waals surface area contributed by atoms with E-state index in [4.69, 9.17) is 0 Å². The van der Waals surface area contributed by atoms with Gasteiger partial charge in [0.1, 0.15) is 11.6 Å². The van der Waals surface area contributed by atoms with E-state index in [1.807, 2.05) is 0 Å². The van der Waals surface area contributed by atoms with Crippen molar-refractivity contribution in [1.82, 2.24) is 10.3 Å². The molecule has 4 nitrogen and oxygen atoms in total. The Morgan fingerprint density at radius 1 is 1.12 bits per heavy atom. The standard InChI is InChI=1S/C19H24FN3O/c1-2-3-4-11-21-18-14-16(10-13-22-18)19(24)23-12-9-15-5-7-17(20)8-6-15/h5-8,10,13-14H,2-4,9,11-12H2,1H3,(H,21,22)(H,23,24). The minimum atomic E-state index is -0.251. The number of pyridine rings is 1. The second-order valence-corrected chi connectivity index (χ2v) is 5.70. The molecule has 2 rings (SSSR count). The van der Waals surface area contributed by atoms with E-state index in [0.717, 1.165) is 24.3 Å². The van der Waals surface area contributed by atoms with Crippen LogP contribution in [0.3, 0.4) is 0 Å². The molecule has 1 heterocycles. The summed E-state index contributed by atoms with van der Waals surface area (Å²) >= 11 is 0. The zero-order chi connectivity index (χ0) is 17.2. The number of hydrogen-bond donors (Lipinski definition) is 2. The summed E-state index contributed by atoms with van der Waals surface area (Å²) in [6, 6.07) is 9.77. The van der Waals surface area contributed by atoms with E-state index >= 15 is 0 Å². The lowest BCUT2D eigenvalue weighted by atomic mass is 10.1. The van der Waals surface area contributed by atoms with Gasteiger partial charge < -0.3 is 10.6 Å². The predicted octanol–water partition coefficient (Wildman–Crippen LogP) is 3.80. The largest absolute Gasteiger partial charge is 0.370 e. The fourth-order valence-electron chi connectivity index (χ4n) is 2.33. The van der Waals surface area contributed by atoms with E-state index in [9.17, 15) is 9.18 Å². The molecule has 0 saturated carbocycles. The molecule has 0 saturated heterocycles. The summed E-state index contributed by atoms with van der Waals surface area (Å²) in [6.45, 7) is 3.53. The van der Waals surface area contributed by atoms with Gasteiger partial charge in [-0.05, 0) is 42.7 Å². The molecule has 0 bridgehead atoms. The highest BCUT2D eigenvalue weighted by Crippen LogP contribution is 2.08. The van der Waals surface area contributed by atoms with Crippen LogP contribution in [0.5, 0.6) is 0 Å². The molecular formula is C19H24FN3O. The average molecular weight is 329 g/mol. The van der Waals surface area contributed by atoms with Gasteiger partial charge in [0.15, 0.2) is 0 Å². The highest BCUT2D eigenvalue weighted by molar-refractivity contribution is 5.94. The highest BCUT2D eigenvalue weighted by atomic mass is 19.1. The van der Waals surface area contributed by atoms with Gasteiger partial charge >= 0.3 is 0 Å². The Kier molecular flexibility index (Phi) is 7.21. The minimum Gasteiger partial charge on any atom is -0.370 e. The van der Waals surface area contributed by atoms with Gasteiger partial charge in [0.25, 0.3) is 5.91 Å². The molecule has 1 aromatic heterocycles. The number of benzene rings is 1. The quantitative estimate of drug-likeness (QED) is 0.688. The maximum Gasteiger partial charge on any atom is 0.251 e. The molecule has 5 heteroatoms. The van der Waals surface area contributed by atoms with E-state index in [0.29, 0.717) is 18.5 Å². The fourth-order valence-corrected chi connectivity index (χ4v) is 2.33. The summed E-state index contributed by atoms with van der Waals surface area (Å²) in [4.78, 5) is 16.4. The molecule has 0 fully saturated rings. The van der Waals surface area contributed by atoms with Crippen LogP contribution in [0.15, 0.2) is 42.6 Å². The third-order valence-corrected chi connectivity index (χ3v) is 3.72. The van der Waals surface area contributed by atoms with Crippen molar-refractivity contribution in [3.8, 4) is 0 Å². The van der Waals surface area contributed by atoms with Crippen molar-refractivity contribution < 1.29 is 9.18 Å². The van der Waals surface area contributed by atoms with Gasteiger partial charge in [0.05, 0.1) is 0 Å². The van der Waals surface area contributed by atoms with Crippen molar-refractivity contribution in [2.24, 2.45) is 0 Å². The molecule has 0 aliphatic rings. The summed E-state index contributed by atoms with van der Waals surface area (Å²) < 4.78 is 12.8. The van der Waals surface area contributed by atoms with Crippen LogP contribution < -0.4 is 10.6 Å². The Balaban J connectivity index is 1.80. The topological polar surface area (TPSA) is 54.0 Å². The molecule has 0 spiro atoms. The van der Waals surface area contributed by atoms with Gasteiger partial charge in [-0.1, -0.05) is 31.9 Å². The SMILES string of the molecule is CCCCCNc1cc(C(=O)NCCc2ccc(F)cc2)ccn1. The van der Waals surface area contributed by atoms with Crippen molar-refractivity contribution in [3.63, 3.8) is 0 Å². The molecule has 1 aromatic carbocycles. The minimum absolute atomic E-state index is 0.129. The number of nitrogens with zero attached hydrogens (tertiary/aromatic N) is 1. The van der Waals surface area contributed by atoms with Crippen LogP contribution in [0.4, 0.5) is 10.2 Å². The predicted molar refractivity (Wildman–Crippen MR) is 94.7 cm³/mol. The first-order valence-electron chi connectivity index (χ1n) is 8.41. The second kappa shape index (κ2) is 9.65. The number of aromatic nitrogens is 1. The highest BCUT2D eigenvalue weighted by Gasteiger charge is 2.06. The Labute approximate surface area is 142 Å². The van der Waals surface area contributed by atoms with Crippen LogP contribution in [0.25, 0.3) is 0 Å². The van der Waals surface area contributed by atoms with Crippen molar-refractivity contribution in [3.05, 3.63) is 59.5 Å². The molecule has 2 N–H and O–H groups in total. The molecule has 0 unspecified atom stereocenters. The van der Waals surface area contributed by atoms with E-state index in [1.54, 1.807) is 30.5 Å². The third-order valence-electron chi connectivity index (χ3n) is 3.72. The number of unbranched alkanes of at least 4 members (excludes halogenated alkanes) is 2. The number of hydrogen-bond acceptors (Lipinski definition) is 3. The van der Waals surface area contributed by atoms with Gasteiger partial charge in [-0.25, -0.2) is 9.37 Å². The maximum absolute atomic E-state index is 12.8. The molecular weight excluding hydrogens is 305 g/mol. The van der Waals surface area contributed by atoms with E-state index in [1.165, 1.54) is 25.0 Å². The molecule has 0 aliphatic carbocycles. The van der Waals surface area contributed by atoms with E-state index in [2.05, 4.69) is 22.5 Å². The van der Waals surface area contributed by atoms with Crippen LogP contribution >= 0.6 is 0 Å². The first-order chi connectivity index (χ1) is 11.7. The number of carbonyl (C=O) groups is 1. The average Bonchev–Trinajstić information content (AvgIpc) is 2.61. The molecule has 0 atom stereocenters. The van der Waals surface area contributed by atoms with E-state index < -0.39 is 0 Å². The Bertz CT molecular complexity index is 643. The first kappa shape index (κ1) is 17.9. The van der Waals surface area contributed by atoms with Gasteiger partial charge in [-0.2, -0.15) is 0 Å². The number of nitrogens with one attached hydrogen (secondary N) is 2. The van der Waals surface area contributed by atoms with Crippen LogP contribution in [0, 0.1) is 5.82 Å². The maximum atomic E-state index is 12.8. The smallest absolute Gasteiger partial charge is 0.251 e. The molecule has 2 aromatic rings. The van der Waals surface area contributed by atoms with Crippen molar-refractivity contribution in [2.75, 3.05) is 18.4 Å². The summed E-state index contributed by atoms with van der Waals surface area (Å²) in [5.41, 5.74) is 1.58. The Morgan fingerprint density at radius 2 is 1.92 bits per heavy atom. The van der Waals surface area contributed by atoms with Crippen LogP contribution in [0.2, 0.25) is 0 Å². The lowest BCUT2D eigenvalue weighted by Gasteiger charge is -2.08. The Hall–Kier alpha value is -2.43. The van der Waals surface area contributed by atoms with Crippen molar-refractivity contribution in [1.29, 1.82) is 0 Å². The monoisotopic (exact) mass is 329 g/mol. The summed E-state index contributed by atoms with van der Waals surface area (Å²) in [6.07, 6.45) is 5.74. The fraction of sp³-hybridized carbons (Fsp3) is 0.368. The van der Waals surface area contributed by atoms with Gasteiger partial charge in [0.2, 0.25) is 0 Å². The zero-order valence-corrected chi connectivity index (χ0v) is 14.0. The number of halogens is 1. The van der Waals surface area contributed by atoms with E-state index in [-0.39, 0.29) is 11.7 Å². The third kappa shape index (κ3) is 5.99. The lowest BCUT2D eigenvalue weighted by Crippen LogP contribution is -2.25. The zero-order valence-electron chi connectivity index (χ0n) is 14.0. The molecule has 1 amide bonds. The summed E-state index contributed by atoms with van der Waals surface area (Å²) in [5, 5.41) is 6.11. The molecule has 128 valence electrons. The second-order valence-electron chi connectivity index (χ2n) is 5.70. The van der Waals surface area contributed by atoms with Gasteiger partial charge in [-0.3, -0.25) is 4.79 Å². The van der Waals surface area contributed by atoms with Crippen LogP contribution in [-0.2, 0) is 6.42 Å².